The topological polar surface area (TPSA) is 52.6 Å². The summed E-state index contributed by atoms with van der Waals surface area (Å²) in [6.45, 7) is 5.83. The molecule has 1 saturated heterocycles. The molecule has 0 radical (unpaired) electrons. The molecule has 164 valence electrons. The van der Waals surface area contributed by atoms with Gasteiger partial charge in [0.1, 0.15) is 0 Å². The maximum atomic E-state index is 6.13. The summed E-state index contributed by atoms with van der Waals surface area (Å²) in [5, 5.41) is 8.20. The fourth-order valence-corrected chi connectivity index (χ4v) is 3.81. The molecule has 5 nitrogen and oxygen atoms in total. The fraction of sp³-hybridized carbons (Fsp3) is 0.455. The molecule has 1 aromatic heterocycles. The third kappa shape index (κ3) is 7.87. The van der Waals surface area contributed by atoms with Crippen LogP contribution in [0.3, 0.4) is 0 Å². The lowest BCUT2D eigenvalue weighted by molar-refractivity contribution is 0.198. The van der Waals surface area contributed by atoms with E-state index < -0.39 is 0 Å². The van der Waals surface area contributed by atoms with Crippen molar-refractivity contribution in [2.24, 2.45) is 4.99 Å². The number of likely N-dealkylation sites (tertiary alicyclic amines) is 1. The Labute approximate surface area is 206 Å². The third-order valence-electron chi connectivity index (χ3n) is 5.22. The summed E-state index contributed by atoms with van der Waals surface area (Å²) in [5.74, 6) is 0.869. The smallest absolute Gasteiger partial charge is 0.191 e. The van der Waals surface area contributed by atoms with Crippen molar-refractivity contribution >= 4 is 53.1 Å². The first-order chi connectivity index (χ1) is 14.0. The van der Waals surface area contributed by atoms with E-state index in [0.29, 0.717) is 16.1 Å². The third-order valence-corrected chi connectivity index (χ3v) is 5.96. The summed E-state index contributed by atoms with van der Waals surface area (Å²) >= 11 is 12.1. The van der Waals surface area contributed by atoms with Gasteiger partial charge in [0.05, 0.1) is 10.0 Å². The highest BCUT2D eigenvalue weighted by Gasteiger charge is 2.20. The lowest BCUT2D eigenvalue weighted by Crippen LogP contribution is -2.48. The van der Waals surface area contributed by atoms with Crippen molar-refractivity contribution in [2.45, 2.75) is 38.8 Å². The van der Waals surface area contributed by atoms with Crippen LogP contribution in [0.4, 0.5) is 0 Å². The van der Waals surface area contributed by atoms with Gasteiger partial charge in [0.25, 0.3) is 0 Å². The van der Waals surface area contributed by atoms with Gasteiger partial charge in [-0.05, 0) is 55.5 Å². The highest BCUT2D eigenvalue weighted by Crippen LogP contribution is 2.24. The number of aryl methyl sites for hydroxylation is 1. The number of hydrogen-bond acceptors (Lipinski definition) is 3. The number of rotatable bonds is 6. The van der Waals surface area contributed by atoms with Crippen molar-refractivity contribution in [1.82, 2.24) is 20.5 Å². The number of halogens is 3. The number of benzene rings is 1. The lowest BCUT2D eigenvalue weighted by atomic mass is 10.0. The molecule has 0 amide bonds. The minimum absolute atomic E-state index is 0. The molecule has 2 aromatic rings. The molecule has 1 aliphatic heterocycles. The molecule has 1 aromatic carbocycles. The van der Waals surface area contributed by atoms with E-state index in [1.807, 2.05) is 44.4 Å². The number of guanidine groups is 1. The van der Waals surface area contributed by atoms with E-state index in [2.05, 4.69) is 31.6 Å². The van der Waals surface area contributed by atoms with E-state index in [1.165, 1.54) is 11.1 Å². The van der Waals surface area contributed by atoms with Crippen LogP contribution >= 0.6 is 47.2 Å². The number of aliphatic imine (C=N–C) groups is 1. The molecule has 0 saturated carbocycles. The van der Waals surface area contributed by atoms with Crippen LogP contribution in [0.15, 0.2) is 41.5 Å². The van der Waals surface area contributed by atoms with Crippen LogP contribution in [0.25, 0.3) is 0 Å². The molecule has 2 heterocycles. The quantitative estimate of drug-likeness (QED) is 0.305. The number of aromatic nitrogens is 1. The first kappa shape index (κ1) is 25.2. The second-order valence-corrected chi connectivity index (χ2v) is 8.31. The molecule has 1 fully saturated rings. The van der Waals surface area contributed by atoms with Gasteiger partial charge in [-0.2, -0.15) is 0 Å². The second-order valence-electron chi connectivity index (χ2n) is 7.50. The monoisotopic (exact) mass is 561 g/mol. The average Bonchev–Trinajstić information content (AvgIpc) is 2.73. The zero-order valence-corrected chi connectivity index (χ0v) is 21.3. The molecule has 8 heteroatoms. The van der Waals surface area contributed by atoms with E-state index in [1.54, 1.807) is 0 Å². The highest BCUT2D eigenvalue weighted by molar-refractivity contribution is 14.0. The van der Waals surface area contributed by atoms with Gasteiger partial charge in [0.15, 0.2) is 5.96 Å². The normalized spacial score (nSPS) is 15.5. The largest absolute Gasteiger partial charge is 0.356 e. The van der Waals surface area contributed by atoms with Gasteiger partial charge in [0.2, 0.25) is 0 Å². The van der Waals surface area contributed by atoms with Crippen LogP contribution in [0, 0.1) is 6.92 Å². The summed E-state index contributed by atoms with van der Waals surface area (Å²) in [7, 11) is 1.82. The first-order valence-electron chi connectivity index (χ1n) is 10.1. The number of pyridine rings is 1. The molecule has 2 N–H and O–H groups in total. The lowest BCUT2D eigenvalue weighted by Gasteiger charge is -2.33. The molecule has 30 heavy (non-hydrogen) atoms. The van der Waals surface area contributed by atoms with E-state index in [0.717, 1.165) is 57.1 Å². The second kappa shape index (κ2) is 12.7. The SMILES string of the molecule is CN=C(NCCc1ccc(C)nc1)NC1CCN(Cc2ccc(Cl)c(Cl)c2)CC1.I. The molecule has 0 spiro atoms. The van der Waals surface area contributed by atoms with Crippen molar-refractivity contribution in [3.05, 3.63) is 63.4 Å². The maximum Gasteiger partial charge on any atom is 0.191 e. The van der Waals surface area contributed by atoms with Crippen LogP contribution in [-0.2, 0) is 13.0 Å². The van der Waals surface area contributed by atoms with Crippen LogP contribution in [0.5, 0.6) is 0 Å². The van der Waals surface area contributed by atoms with Crippen molar-refractivity contribution in [1.29, 1.82) is 0 Å². The highest BCUT2D eigenvalue weighted by atomic mass is 127. The van der Waals surface area contributed by atoms with E-state index in [-0.39, 0.29) is 24.0 Å². The van der Waals surface area contributed by atoms with Gasteiger partial charge in [-0.1, -0.05) is 35.3 Å². The van der Waals surface area contributed by atoms with E-state index >= 15 is 0 Å². The Kier molecular flexibility index (Phi) is 10.6. The zero-order chi connectivity index (χ0) is 20.6. The minimum Gasteiger partial charge on any atom is -0.356 e. The van der Waals surface area contributed by atoms with Crippen LogP contribution in [0.2, 0.25) is 10.0 Å². The molecule has 0 unspecified atom stereocenters. The summed E-state index contributed by atoms with van der Waals surface area (Å²) in [6.07, 6.45) is 5.04. The van der Waals surface area contributed by atoms with E-state index in [9.17, 15) is 0 Å². The molecule has 1 aliphatic rings. The van der Waals surface area contributed by atoms with Crippen LogP contribution in [0.1, 0.15) is 29.7 Å². The van der Waals surface area contributed by atoms with Gasteiger partial charge in [-0.25, -0.2) is 0 Å². The summed E-state index contributed by atoms with van der Waals surface area (Å²) in [4.78, 5) is 11.2. The summed E-state index contributed by atoms with van der Waals surface area (Å²) in [6, 6.07) is 10.5. The zero-order valence-electron chi connectivity index (χ0n) is 17.5. The molecule has 3 rings (SSSR count). The maximum absolute atomic E-state index is 6.13. The number of hydrogen-bond donors (Lipinski definition) is 2. The Bertz CT molecular complexity index is 821. The van der Waals surface area contributed by atoms with E-state index in [4.69, 9.17) is 23.2 Å². The van der Waals surface area contributed by atoms with Gasteiger partial charge in [0, 0.05) is 51.2 Å². The number of piperidine rings is 1. The standard InChI is InChI=1S/C22H29Cl2N5.HI/c1-16-3-4-17(14-27-16)7-10-26-22(25-2)28-19-8-11-29(12-9-19)15-18-5-6-20(23)21(24)13-18;/h3-6,13-14,19H,7-12,15H2,1-2H3,(H2,25,26,28);1H. The Morgan fingerprint density at radius 3 is 2.50 bits per heavy atom. The molecular formula is C22H30Cl2IN5. The van der Waals surface area contributed by atoms with Crippen LogP contribution in [-0.4, -0.2) is 48.6 Å². The molecule has 0 bridgehead atoms. The fourth-order valence-electron chi connectivity index (χ4n) is 3.49. The Hall–Kier alpha value is -1.09. The summed E-state index contributed by atoms with van der Waals surface area (Å²) in [5.41, 5.74) is 3.48. The predicted octanol–water partition coefficient (Wildman–Crippen LogP) is 4.69. The Morgan fingerprint density at radius 1 is 1.13 bits per heavy atom. The Morgan fingerprint density at radius 2 is 1.87 bits per heavy atom. The van der Waals surface area contributed by atoms with Crippen LogP contribution < -0.4 is 10.6 Å². The summed E-state index contributed by atoms with van der Waals surface area (Å²) < 4.78 is 0. The predicted molar refractivity (Wildman–Crippen MR) is 137 cm³/mol. The van der Waals surface area contributed by atoms with Crippen molar-refractivity contribution in [2.75, 3.05) is 26.7 Å². The van der Waals surface area contributed by atoms with Crippen molar-refractivity contribution < 1.29 is 0 Å². The van der Waals surface area contributed by atoms with Gasteiger partial charge in [-0.3, -0.25) is 14.9 Å². The number of nitrogens with zero attached hydrogens (tertiary/aromatic N) is 3. The van der Waals surface area contributed by atoms with Gasteiger partial charge >= 0.3 is 0 Å². The Balaban J connectivity index is 0.00000320. The van der Waals surface area contributed by atoms with Gasteiger partial charge < -0.3 is 10.6 Å². The molecular weight excluding hydrogens is 532 g/mol. The molecule has 0 atom stereocenters. The minimum atomic E-state index is 0. The average molecular weight is 562 g/mol. The first-order valence-corrected chi connectivity index (χ1v) is 10.8. The van der Waals surface area contributed by atoms with Crippen molar-refractivity contribution in [3.8, 4) is 0 Å². The number of nitrogens with one attached hydrogen (secondary N) is 2. The van der Waals surface area contributed by atoms with Crippen molar-refractivity contribution in [3.63, 3.8) is 0 Å². The van der Waals surface area contributed by atoms with Gasteiger partial charge in [-0.15, -0.1) is 24.0 Å². The molecule has 0 aliphatic carbocycles.